The molecular weight excluding hydrogens is 299 g/mol. The second-order valence-electron chi connectivity index (χ2n) is 6.56. The van der Waals surface area contributed by atoms with Crippen molar-refractivity contribution in [2.75, 3.05) is 0 Å². The van der Waals surface area contributed by atoms with Crippen molar-refractivity contribution in [1.82, 2.24) is 0 Å². The molecule has 1 aliphatic rings. The summed E-state index contributed by atoms with van der Waals surface area (Å²) in [7, 11) is 0. The van der Waals surface area contributed by atoms with Crippen molar-refractivity contribution in [3.8, 4) is 11.1 Å². The maximum absolute atomic E-state index is 6.31. The van der Waals surface area contributed by atoms with E-state index in [2.05, 4.69) is 52.0 Å². The van der Waals surface area contributed by atoms with Crippen molar-refractivity contribution in [3.63, 3.8) is 0 Å². The molecule has 3 rings (SSSR count). The van der Waals surface area contributed by atoms with E-state index in [0.717, 1.165) is 10.0 Å². The van der Waals surface area contributed by atoms with Crippen LogP contribution in [0, 0.1) is 11.8 Å². The highest BCUT2D eigenvalue weighted by atomic mass is 35.5. The average molecular weight is 319 g/mol. The molecule has 0 saturated heterocycles. The van der Waals surface area contributed by atoms with E-state index in [9.17, 15) is 0 Å². The Morgan fingerprint density at radius 3 is 1.43 bits per heavy atom. The summed E-state index contributed by atoms with van der Waals surface area (Å²) < 4.78 is 0. The van der Waals surface area contributed by atoms with Crippen molar-refractivity contribution in [2.45, 2.75) is 33.1 Å². The Labute approximate surface area is 137 Å². The Bertz CT molecular complexity index is 637. The van der Waals surface area contributed by atoms with E-state index in [4.69, 9.17) is 23.2 Å². The Balaban J connectivity index is 2.44. The quantitative estimate of drug-likeness (QED) is 0.587. The summed E-state index contributed by atoms with van der Waals surface area (Å²) in [6.07, 6.45) is 0. The first-order valence-corrected chi connectivity index (χ1v) is 8.25. The molecule has 0 bridgehead atoms. The first-order chi connectivity index (χ1) is 9.88. The van der Waals surface area contributed by atoms with Gasteiger partial charge in [0.1, 0.15) is 0 Å². The molecule has 0 N–H and O–H groups in total. The first kappa shape index (κ1) is 14.9. The van der Waals surface area contributed by atoms with Gasteiger partial charge in [0, 0.05) is 15.5 Å². The van der Waals surface area contributed by atoms with Crippen LogP contribution in [0.5, 0.6) is 0 Å². The highest BCUT2D eigenvalue weighted by Gasteiger charge is 2.47. The SMILES string of the molecule is CC(C)C1(C(C)C)c2cc(Cl)ccc2-c2ccc(Cl)cc21. The van der Waals surface area contributed by atoms with Gasteiger partial charge in [-0.05, 0) is 58.4 Å². The van der Waals surface area contributed by atoms with Crippen LogP contribution in [0.15, 0.2) is 36.4 Å². The van der Waals surface area contributed by atoms with Crippen molar-refractivity contribution >= 4 is 23.2 Å². The van der Waals surface area contributed by atoms with Gasteiger partial charge in [-0.1, -0.05) is 63.0 Å². The normalized spacial score (nSPS) is 15.4. The molecule has 0 fully saturated rings. The fourth-order valence-corrected chi connectivity index (χ4v) is 4.59. The standard InChI is InChI=1S/C19H20Cl2/c1-11(2)19(12(3)4)17-9-13(20)5-7-15(17)16-8-6-14(21)10-18(16)19/h5-12H,1-4H3. The summed E-state index contributed by atoms with van der Waals surface area (Å²) in [4.78, 5) is 0. The number of hydrogen-bond acceptors (Lipinski definition) is 0. The number of fused-ring (bicyclic) bond motifs is 3. The molecule has 0 nitrogen and oxygen atoms in total. The summed E-state index contributed by atoms with van der Waals surface area (Å²) >= 11 is 12.6. The number of benzene rings is 2. The molecule has 21 heavy (non-hydrogen) atoms. The molecule has 110 valence electrons. The minimum atomic E-state index is -0.0273. The summed E-state index contributed by atoms with van der Waals surface area (Å²) in [5.41, 5.74) is 5.26. The third kappa shape index (κ3) is 1.96. The zero-order valence-electron chi connectivity index (χ0n) is 12.9. The molecule has 0 saturated carbocycles. The van der Waals surface area contributed by atoms with Crippen molar-refractivity contribution in [1.29, 1.82) is 0 Å². The van der Waals surface area contributed by atoms with Crippen LogP contribution >= 0.6 is 23.2 Å². The van der Waals surface area contributed by atoms with Gasteiger partial charge in [-0.2, -0.15) is 0 Å². The van der Waals surface area contributed by atoms with Gasteiger partial charge in [0.2, 0.25) is 0 Å². The second-order valence-corrected chi connectivity index (χ2v) is 7.43. The Hall–Kier alpha value is -0.980. The largest absolute Gasteiger partial charge is 0.0843 e. The summed E-state index contributed by atoms with van der Waals surface area (Å²) in [5.74, 6) is 0.934. The lowest BCUT2D eigenvalue weighted by atomic mass is 9.63. The second kappa shape index (κ2) is 5.04. The van der Waals surface area contributed by atoms with E-state index in [1.54, 1.807) is 0 Å². The third-order valence-electron chi connectivity index (χ3n) is 4.97. The Morgan fingerprint density at radius 1 is 0.714 bits per heavy atom. The molecule has 0 atom stereocenters. The molecule has 0 aliphatic heterocycles. The first-order valence-electron chi connectivity index (χ1n) is 7.49. The molecule has 2 heteroatoms. The van der Waals surface area contributed by atoms with Gasteiger partial charge in [-0.15, -0.1) is 0 Å². The van der Waals surface area contributed by atoms with E-state index in [-0.39, 0.29) is 5.41 Å². The summed E-state index contributed by atoms with van der Waals surface area (Å²) in [5, 5.41) is 1.61. The van der Waals surface area contributed by atoms with Crippen LogP contribution < -0.4 is 0 Å². The minimum Gasteiger partial charge on any atom is -0.0843 e. The number of hydrogen-bond donors (Lipinski definition) is 0. The van der Waals surface area contributed by atoms with E-state index >= 15 is 0 Å². The highest BCUT2D eigenvalue weighted by Crippen LogP contribution is 2.57. The van der Waals surface area contributed by atoms with Crippen molar-refractivity contribution in [2.24, 2.45) is 11.8 Å². The third-order valence-corrected chi connectivity index (χ3v) is 5.44. The van der Waals surface area contributed by atoms with Gasteiger partial charge in [0.15, 0.2) is 0 Å². The van der Waals surface area contributed by atoms with Crippen LogP contribution in [0.1, 0.15) is 38.8 Å². The van der Waals surface area contributed by atoms with Crippen molar-refractivity contribution < 1.29 is 0 Å². The average Bonchev–Trinajstić information content (AvgIpc) is 2.67. The monoisotopic (exact) mass is 318 g/mol. The van der Waals surface area contributed by atoms with Crippen LogP contribution in [-0.4, -0.2) is 0 Å². The predicted molar refractivity (Wildman–Crippen MR) is 92.4 cm³/mol. The Morgan fingerprint density at radius 2 is 1.10 bits per heavy atom. The molecule has 2 aromatic carbocycles. The molecule has 0 amide bonds. The molecule has 0 unspecified atom stereocenters. The van der Waals surface area contributed by atoms with Gasteiger partial charge >= 0.3 is 0 Å². The van der Waals surface area contributed by atoms with E-state index in [1.807, 2.05) is 12.1 Å². The van der Waals surface area contributed by atoms with Crippen LogP contribution in [0.25, 0.3) is 11.1 Å². The van der Waals surface area contributed by atoms with Crippen LogP contribution in [0.4, 0.5) is 0 Å². The van der Waals surface area contributed by atoms with Crippen LogP contribution in [0.3, 0.4) is 0 Å². The molecule has 2 aromatic rings. The molecule has 0 radical (unpaired) electrons. The van der Waals surface area contributed by atoms with E-state index < -0.39 is 0 Å². The number of rotatable bonds is 2. The minimum absolute atomic E-state index is 0.0273. The lowest BCUT2D eigenvalue weighted by Gasteiger charge is -2.40. The fraction of sp³-hybridized carbons (Fsp3) is 0.368. The smallest absolute Gasteiger partial charge is 0.0409 e. The Kier molecular flexibility index (Phi) is 3.58. The lowest BCUT2D eigenvalue weighted by Crippen LogP contribution is -2.37. The zero-order chi connectivity index (χ0) is 15.4. The maximum Gasteiger partial charge on any atom is 0.0409 e. The van der Waals surface area contributed by atoms with Crippen LogP contribution in [0.2, 0.25) is 10.0 Å². The fourth-order valence-electron chi connectivity index (χ4n) is 4.24. The van der Waals surface area contributed by atoms with Crippen LogP contribution in [-0.2, 0) is 5.41 Å². The predicted octanol–water partition coefficient (Wildman–Crippen LogP) is 6.57. The highest BCUT2D eigenvalue weighted by molar-refractivity contribution is 6.31. The number of halogens is 2. The summed E-state index contributed by atoms with van der Waals surface area (Å²) in [6, 6.07) is 12.6. The van der Waals surface area contributed by atoms with Gasteiger partial charge in [-0.25, -0.2) is 0 Å². The lowest BCUT2D eigenvalue weighted by molar-refractivity contribution is 0.280. The summed E-state index contributed by atoms with van der Waals surface area (Å²) in [6.45, 7) is 9.17. The zero-order valence-corrected chi connectivity index (χ0v) is 14.4. The van der Waals surface area contributed by atoms with E-state index in [1.165, 1.54) is 22.3 Å². The van der Waals surface area contributed by atoms with Gasteiger partial charge in [-0.3, -0.25) is 0 Å². The maximum atomic E-state index is 6.31. The van der Waals surface area contributed by atoms with Gasteiger partial charge in [0.05, 0.1) is 0 Å². The molecule has 0 spiro atoms. The van der Waals surface area contributed by atoms with Gasteiger partial charge in [0.25, 0.3) is 0 Å². The van der Waals surface area contributed by atoms with E-state index in [0.29, 0.717) is 11.8 Å². The molecule has 0 aromatic heterocycles. The molecular formula is C19H20Cl2. The van der Waals surface area contributed by atoms with Crippen molar-refractivity contribution in [3.05, 3.63) is 57.6 Å². The van der Waals surface area contributed by atoms with Gasteiger partial charge < -0.3 is 0 Å². The molecule has 1 aliphatic carbocycles. The molecule has 0 heterocycles. The topological polar surface area (TPSA) is 0 Å².